The summed E-state index contributed by atoms with van der Waals surface area (Å²) in [4.78, 5) is 0. The predicted octanol–water partition coefficient (Wildman–Crippen LogP) is 4.45. The van der Waals surface area contributed by atoms with Gasteiger partial charge in [0.1, 0.15) is 6.54 Å². The average molecular weight is 448 g/mol. The predicted molar refractivity (Wildman–Crippen MR) is 103 cm³/mol. The molecular formula is C14H29Cl4NO4P+. The molecule has 0 aliphatic heterocycles. The van der Waals surface area contributed by atoms with Crippen LogP contribution in [0.25, 0.3) is 0 Å². The molecule has 0 aromatic rings. The summed E-state index contributed by atoms with van der Waals surface area (Å²) < 4.78 is 24.9. The summed E-state index contributed by atoms with van der Waals surface area (Å²) >= 11 is 23.2. The smallest absolute Gasteiger partial charge is 0.391 e. The standard InChI is InChI=1S/C14H29Cl4NO4P/c15-5-1-3-13-22-24(21,23-14-4-2-6-16)19(9-7-17,10-8-18)11-12-20/h20H,1-14H2/q+1. The van der Waals surface area contributed by atoms with Crippen LogP contribution in [-0.4, -0.2) is 72.3 Å². The molecular weight excluding hydrogens is 419 g/mol. The zero-order valence-electron chi connectivity index (χ0n) is 14.0. The van der Waals surface area contributed by atoms with Gasteiger partial charge in [-0.1, -0.05) is 0 Å². The minimum atomic E-state index is -3.57. The van der Waals surface area contributed by atoms with E-state index in [9.17, 15) is 9.67 Å². The molecule has 0 bridgehead atoms. The van der Waals surface area contributed by atoms with Crippen molar-refractivity contribution in [3.8, 4) is 0 Å². The van der Waals surface area contributed by atoms with E-state index in [0.29, 0.717) is 37.7 Å². The number of quaternary nitrogens is 1. The monoisotopic (exact) mass is 446 g/mol. The molecule has 5 nitrogen and oxygen atoms in total. The molecule has 10 heteroatoms. The normalized spacial score (nSPS) is 12.7. The zero-order valence-corrected chi connectivity index (χ0v) is 17.9. The van der Waals surface area contributed by atoms with E-state index in [2.05, 4.69) is 0 Å². The third-order valence-corrected chi connectivity index (χ3v) is 7.13. The minimum Gasteiger partial charge on any atom is -0.391 e. The van der Waals surface area contributed by atoms with Gasteiger partial charge in [-0.25, -0.2) is 8.82 Å². The van der Waals surface area contributed by atoms with Crippen molar-refractivity contribution < 1.29 is 23.0 Å². The maximum Gasteiger partial charge on any atom is 0.531 e. The highest BCUT2D eigenvalue weighted by Gasteiger charge is 2.50. The first-order chi connectivity index (χ1) is 11.6. The maximum absolute atomic E-state index is 13.6. The Bertz CT molecular complexity index is 320. The van der Waals surface area contributed by atoms with Crippen molar-refractivity contribution in [2.75, 3.05) is 63.0 Å². The van der Waals surface area contributed by atoms with Crippen LogP contribution in [0.15, 0.2) is 0 Å². The second-order valence-electron chi connectivity index (χ2n) is 5.29. The molecule has 0 aromatic heterocycles. The molecule has 0 saturated heterocycles. The second-order valence-corrected chi connectivity index (χ2v) is 9.11. The van der Waals surface area contributed by atoms with Gasteiger partial charge >= 0.3 is 7.75 Å². The SMILES string of the molecule is O=P(OCCCCCl)(OCCCCCl)[N+](CCO)(CCCl)CCCl. The topological polar surface area (TPSA) is 55.8 Å². The zero-order chi connectivity index (χ0) is 18.3. The number of nitrogens with zero attached hydrogens (tertiary/aromatic N) is 1. The number of unbranched alkanes of at least 4 members (excludes halogenated alkanes) is 2. The number of alkyl halides is 4. The molecule has 0 unspecified atom stereocenters. The highest BCUT2D eigenvalue weighted by molar-refractivity contribution is 7.47. The summed E-state index contributed by atoms with van der Waals surface area (Å²) in [6.07, 6.45) is 2.89. The molecule has 0 amide bonds. The van der Waals surface area contributed by atoms with E-state index < -0.39 is 7.75 Å². The molecule has 0 aliphatic carbocycles. The summed E-state index contributed by atoms with van der Waals surface area (Å²) in [5, 5.41) is 9.47. The van der Waals surface area contributed by atoms with Crippen LogP contribution in [0.1, 0.15) is 25.7 Å². The van der Waals surface area contributed by atoms with Gasteiger partial charge < -0.3 is 5.11 Å². The van der Waals surface area contributed by atoms with Gasteiger partial charge in [-0.15, -0.1) is 46.4 Å². The van der Waals surface area contributed by atoms with E-state index in [0.717, 1.165) is 12.8 Å². The molecule has 0 heterocycles. The molecule has 0 aliphatic rings. The Morgan fingerprint density at radius 3 is 1.54 bits per heavy atom. The Labute approximate surface area is 165 Å². The summed E-state index contributed by atoms with van der Waals surface area (Å²) in [5.41, 5.74) is 0. The number of rotatable bonds is 17. The fraction of sp³-hybridized carbons (Fsp3) is 1.00. The molecule has 1 N–H and O–H groups in total. The van der Waals surface area contributed by atoms with Crippen LogP contribution in [0.5, 0.6) is 0 Å². The average Bonchev–Trinajstić information content (AvgIpc) is 2.56. The quantitative estimate of drug-likeness (QED) is 0.203. The van der Waals surface area contributed by atoms with Crippen LogP contribution in [0.4, 0.5) is 0 Å². The molecule has 0 aromatic carbocycles. The number of halogens is 4. The van der Waals surface area contributed by atoms with Crippen molar-refractivity contribution in [1.82, 2.24) is 0 Å². The van der Waals surface area contributed by atoms with Crippen LogP contribution < -0.4 is 0 Å². The lowest BCUT2D eigenvalue weighted by Crippen LogP contribution is -2.50. The second kappa shape index (κ2) is 15.3. The Hall–Kier alpha value is 1.23. The first-order valence-electron chi connectivity index (χ1n) is 8.16. The van der Waals surface area contributed by atoms with E-state index in [-0.39, 0.29) is 42.4 Å². The van der Waals surface area contributed by atoms with Gasteiger partial charge in [0.25, 0.3) is 0 Å². The fourth-order valence-corrected chi connectivity index (χ4v) is 5.81. The number of aliphatic hydroxyl groups excluding tert-OH is 1. The van der Waals surface area contributed by atoms with Crippen LogP contribution in [0.3, 0.4) is 0 Å². The van der Waals surface area contributed by atoms with Crippen molar-refractivity contribution in [3.63, 3.8) is 0 Å². The molecule has 0 rings (SSSR count). The largest absolute Gasteiger partial charge is 0.531 e. The van der Waals surface area contributed by atoms with Gasteiger partial charge in [-0.05, 0) is 25.7 Å². The Balaban J connectivity index is 5.24. The number of hydrogen-bond acceptors (Lipinski definition) is 4. The number of hydrogen-bond donors (Lipinski definition) is 1. The van der Waals surface area contributed by atoms with Crippen molar-refractivity contribution in [1.29, 1.82) is 0 Å². The summed E-state index contributed by atoms with van der Waals surface area (Å²) in [5.74, 6) is 1.56. The van der Waals surface area contributed by atoms with E-state index in [1.54, 1.807) is 0 Å². The van der Waals surface area contributed by atoms with Crippen molar-refractivity contribution in [2.45, 2.75) is 25.7 Å². The summed E-state index contributed by atoms with van der Waals surface area (Å²) in [7, 11) is -3.57. The van der Waals surface area contributed by atoms with E-state index >= 15 is 0 Å². The minimum absolute atomic E-state index is 0.0712. The van der Waals surface area contributed by atoms with Crippen LogP contribution in [0.2, 0.25) is 0 Å². The first kappa shape index (κ1) is 25.2. The molecule has 0 saturated carbocycles. The molecule has 24 heavy (non-hydrogen) atoms. The fourth-order valence-electron chi connectivity index (χ4n) is 2.24. The molecule has 0 atom stereocenters. The van der Waals surface area contributed by atoms with Gasteiger partial charge in [-0.2, -0.15) is 0 Å². The third kappa shape index (κ3) is 8.75. The van der Waals surface area contributed by atoms with Crippen LogP contribution in [-0.2, 0) is 13.6 Å². The summed E-state index contributed by atoms with van der Waals surface area (Å²) in [6.45, 7) is 1.29. The molecule has 146 valence electrons. The highest BCUT2D eigenvalue weighted by atomic mass is 35.5. The van der Waals surface area contributed by atoms with E-state index in [1.807, 2.05) is 0 Å². The van der Waals surface area contributed by atoms with Crippen molar-refractivity contribution in [3.05, 3.63) is 0 Å². The lowest BCUT2D eigenvalue weighted by Gasteiger charge is -2.40. The Morgan fingerprint density at radius 1 is 0.750 bits per heavy atom. The lowest BCUT2D eigenvalue weighted by atomic mass is 10.4. The lowest BCUT2D eigenvalue weighted by molar-refractivity contribution is -0.820. The summed E-state index contributed by atoms with van der Waals surface area (Å²) in [6, 6.07) is 0. The molecule has 0 fully saturated rings. The number of aliphatic hydroxyl groups is 1. The third-order valence-electron chi connectivity index (χ3n) is 3.60. The van der Waals surface area contributed by atoms with Crippen molar-refractivity contribution >= 4 is 54.2 Å². The molecule has 0 radical (unpaired) electrons. The van der Waals surface area contributed by atoms with Gasteiger partial charge in [0, 0.05) is 11.8 Å². The van der Waals surface area contributed by atoms with Crippen LogP contribution in [0, 0.1) is 0 Å². The van der Waals surface area contributed by atoms with Crippen LogP contribution >= 0.6 is 54.2 Å². The van der Waals surface area contributed by atoms with E-state index in [4.69, 9.17) is 55.5 Å². The Kier molecular flexibility index (Phi) is 16.1. The van der Waals surface area contributed by atoms with Gasteiger partial charge in [-0.3, -0.25) is 9.05 Å². The van der Waals surface area contributed by atoms with Crippen molar-refractivity contribution in [2.24, 2.45) is 0 Å². The van der Waals surface area contributed by atoms with Gasteiger partial charge in [0.15, 0.2) is 0 Å². The molecule has 0 spiro atoms. The van der Waals surface area contributed by atoms with E-state index in [1.165, 1.54) is 0 Å². The Morgan fingerprint density at radius 2 is 1.21 bits per heavy atom. The maximum atomic E-state index is 13.6. The highest BCUT2D eigenvalue weighted by Crippen LogP contribution is 2.58. The van der Waals surface area contributed by atoms with Gasteiger partial charge in [0.2, 0.25) is 0 Å². The van der Waals surface area contributed by atoms with Gasteiger partial charge in [0.05, 0.1) is 44.7 Å². The first-order valence-corrected chi connectivity index (χ1v) is 11.8.